The van der Waals surface area contributed by atoms with Crippen LogP contribution in [0.4, 0.5) is 0 Å². The minimum absolute atomic E-state index is 0.119. The van der Waals surface area contributed by atoms with Crippen LogP contribution in [0.15, 0.2) is 5.11 Å². The van der Waals surface area contributed by atoms with Crippen molar-refractivity contribution in [3.8, 4) is 0 Å². The van der Waals surface area contributed by atoms with E-state index in [9.17, 15) is 0 Å². The van der Waals surface area contributed by atoms with E-state index in [1.54, 1.807) is 0 Å². The number of azide groups is 1. The highest BCUT2D eigenvalue weighted by molar-refractivity contribution is 5.02. The molecule has 4 nitrogen and oxygen atoms in total. The summed E-state index contributed by atoms with van der Waals surface area (Å²) < 4.78 is 5.99. The highest BCUT2D eigenvalue weighted by Crippen LogP contribution is 2.51. The van der Waals surface area contributed by atoms with Gasteiger partial charge in [0.05, 0.1) is 6.10 Å². The number of ether oxygens (including phenoxy) is 1. The topological polar surface area (TPSA) is 58.0 Å². The van der Waals surface area contributed by atoms with Gasteiger partial charge in [0.15, 0.2) is 0 Å². The lowest BCUT2D eigenvalue weighted by Gasteiger charge is -2.20. The lowest BCUT2D eigenvalue weighted by atomic mass is 9.97. The third kappa shape index (κ3) is 2.43. The standard InChI is InChI=1S/C13H21N3O/c1-13(15-16-14)6-10-4-12(5-11(10)7-13)17-8-9-2-3-9/h9-12H,2-8H2,1H3/t10-,11+,12?,13?. The van der Waals surface area contributed by atoms with Gasteiger partial charge in [0, 0.05) is 17.1 Å². The summed E-state index contributed by atoms with van der Waals surface area (Å²) in [4.78, 5) is 3.00. The molecule has 0 radical (unpaired) electrons. The van der Waals surface area contributed by atoms with Gasteiger partial charge in [0.1, 0.15) is 0 Å². The zero-order chi connectivity index (χ0) is 11.9. The SMILES string of the molecule is CC1(N=[N+]=[N-])C[C@H]2CC(OCC3CC3)C[C@H]2C1. The Balaban J connectivity index is 1.51. The normalized spacial score (nSPS) is 44.4. The van der Waals surface area contributed by atoms with Crippen molar-refractivity contribution in [3.05, 3.63) is 10.4 Å². The first kappa shape index (κ1) is 11.4. The summed E-state index contributed by atoms with van der Waals surface area (Å²) >= 11 is 0. The maximum Gasteiger partial charge on any atom is 0.0580 e. The first-order chi connectivity index (χ1) is 8.18. The van der Waals surface area contributed by atoms with E-state index in [1.165, 1.54) is 25.7 Å². The van der Waals surface area contributed by atoms with Gasteiger partial charge < -0.3 is 4.74 Å². The summed E-state index contributed by atoms with van der Waals surface area (Å²) in [6.07, 6.45) is 7.72. The summed E-state index contributed by atoms with van der Waals surface area (Å²) in [6, 6.07) is 0. The maximum atomic E-state index is 8.59. The highest BCUT2D eigenvalue weighted by atomic mass is 16.5. The summed E-state index contributed by atoms with van der Waals surface area (Å²) in [5.41, 5.74) is 8.47. The Morgan fingerprint density at radius 2 is 1.94 bits per heavy atom. The Hall–Kier alpha value is -0.730. The fourth-order valence-corrected chi connectivity index (χ4v) is 3.75. The molecule has 0 heterocycles. The van der Waals surface area contributed by atoms with Crippen molar-refractivity contribution in [2.24, 2.45) is 22.9 Å². The lowest BCUT2D eigenvalue weighted by molar-refractivity contribution is 0.0439. The number of rotatable bonds is 4. The van der Waals surface area contributed by atoms with Gasteiger partial charge in [0.25, 0.3) is 0 Å². The quantitative estimate of drug-likeness (QED) is 0.416. The zero-order valence-electron chi connectivity index (χ0n) is 10.5. The van der Waals surface area contributed by atoms with Crippen LogP contribution in [-0.4, -0.2) is 18.2 Å². The Bertz CT molecular complexity index is 333. The predicted octanol–water partition coefficient (Wildman–Crippen LogP) is 3.67. The second-order valence-electron chi connectivity index (χ2n) is 6.48. The molecule has 3 saturated carbocycles. The molecule has 0 bridgehead atoms. The van der Waals surface area contributed by atoms with Gasteiger partial charge in [-0.3, -0.25) is 0 Å². The van der Waals surface area contributed by atoms with E-state index in [4.69, 9.17) is 10.3 Å². The highest BCUT2D eigenvalue weighted by Gasteiger charge is 2.47. The van der Waals surface area contributed by atoms with Crippen molar-refractivity contribution in [1.82, 2.24) is 0 Å². The average Bonchev–Trinajstić information content (AvgIpc) is 2.94. The zero-order valence-corrected chi connectivity index (χ0v) is 10.5. The molecular formula is C13H21N3O. The van der Waals surface area contributed by atoms with Crippen LogP contribution in [0.3, 0.4) is 0 Å². The molecule has 0 aliphatic heterocycles. The molecule has 3 aliphatic carbocycles. The number of fused-ring (bicyclic) bond motifs is 1. The number of hydrogen-bond acceptors (Lipinski definition) is 2. The van der Waals surface area contributed by atoms with E-state index >= 15 is 0 Å². The fraction of sp³-hybridized carbons (Fsp3) is 1.00. The Morgan fingerprint density at radius 3 is 2.47 bits per heavy atom. The largest absolute Gasteiger partial charge is 0.378 e. The smallest absolute Gasteiger partial charge is 0.0580 e. The second kappa shape index (κ2) is 4.18. The van der Waals surface area contributed by atoms with Crippen LogP contribution in [0, 0.1) is 17.8 Å². The molecule has 2 unspecified atom stereocenters. The molecule has 94 valence electrons. The van der Waals surface area contributed by atoms with Crippen molar-refractivity contribution in [1.29, 1.82) is 0 Å². The molecule has 0 N–H and O–H groups in total. The molecule has 0 saturated heterocycles. The van der Waals surface area contributed by atoms with E-state index in [0.29, 0.717) is 6.10 Å². The van der Waals surface area contributed by atoms with Gasteiger partial charge in [-0.1, -0.05) is 12.0 Å². The first-order valence-electron chi connectivity index (χ1n) is 6.86. The lowest BCUT2D eigenvalue weighted by Crippen LogP contribution is -2.20. The van der Waals surface area contributed by atoms with Crippen LogP contribution in [-0.2, 0) is 4.74 Å². The second-order valence-corrected chi connectivity index (χ2v) is 6.48. The van der Waals surface area contributed by atoms with Crippen molar-refractivity contribution in [2.75, 3.05) is 6.61 Å². The van der Waals surface area contributed by atoms with E-state index in [-0.39, 0.29) is 5.54 Å². The molecule has 0 aromatic heterocycles. The van der Waals surface area contributed by atoms with Crippen LogP contribution in [0.25, 0.3) is 10.4 Å². The monoisotopic (exact) mass is 235 g/mol. The molecule has 17 heavy (non-hydrogen) atoms. The number of nitrogens with zero attached hydrogens (tertiary/aromatic N) is 3. The molecule has 4 atom stereocenters. The molecule has 0 spiro atoms. The summed E-state index contributed by atoms with van der Waals surface area (Å²) in [5.74, 6) is 2.33. The van der Waals surface area contributed by atoms with Crippen molar-refractivity contribution < 1.29 is 4.74 Å². The third-order valence-corrected chi connectivity index (χ3v) is 4.75. The Kier molecular flexibility index (Phi) is 2.80. The molecule has 0 aromatic rings. The van der Waals surface area contributed by atoms with Crippen LogP contribution < -0.4 is 0 Å². The molecule has 3 fully saturated rings. The van der Waals surface area contributed by atoms with Crippen molar-refractivity contribution >= 4 is 0 Å². The van der Waals surface area contributed by atoms with Gasteiger partial charge in [-0.25, -0.2) is 0 Å². The Labute approximate surface area is 102 Å². The van der Waals surface area contributed by atoms with Crippen LogP contribution in [0.2, 0.25) is 0 Å². The van der Waals surface area contributed by atoms with Crippen molar-refractivity contribution in [2.45, 2.75) is 57.1 Å². The van der Waals surface area contributed by atoms with E-state index in [2.05, 4.69) is 16.9 Å². The fourth-order valence-electron chi connectivity index (χ4n) is 3.75. The van der Waals surface area contributed by atoms with Gasteiger partial charge >= 0.3 is 0 Å². The molecule has 0 amide bonds. The van der Waals surface area contributed by atoms with E-state index < -0.39 is 0 Å². The molecule has 4 heteroatoms. The van der Waals surface area contributed by atoms with Crippen molar-refractivity contribution in [3.63, 3.8) is 0 Å². The van der Waals surface area contributed by atoms with Gasteiger partial charge in [-0.05, 0) is 61.8 Å². The minimum Gasteiger partial charge on any atom is -0.378 e. The molecule has 0 aromatic carbocycles. The third-order valence-electron chi connectivity index (χ3n) is 4.75. The van der Waals surface area contributed by atoms with Crippen LogP contribution in [0.1, 0.15) is 45.4 Å². The Morgan fingerprint density at radius 1 is 1.29 bits per heavy atom. The van der Waals surface area contributed by atoms with E-state index in [0.717, 1.165) is 37.2 Å². The van der Waals surface area contributed by atoms with Crippen LogP contribution >= 0.6 is 0 Å². The minimum atomic E-state index is -0.119. The molecule has 3 aliphatic rings. The molecule has 3 rings (SSSR count). The van der Waals surface area contributed by atoms with Gasteiger partial charge in [0.2, 0.25) is 0 Å². The maximum absolute atomic E-state index is 8.59. The van der Waals surface area contributed by atoms with E-state index in [1.807, 2.05) is 0 Å². The molecular weight excluding hydrogens is 214 g/mol. The van der Waals surface area contributed by atoms with Gasteiger partial charge in [-0.2, -0.15) is 0 Å². The summed E-state index contributed by atoms with van der Waals surface area (Å²) in [6.45, 7) is 3.09. The first-order valence-corrected chi connectivity index (χ1v) is 6.86. The average molecular weight is 235 g/mol. The summed E-state index contributed by atoms with van der Waals surface area (Å²) in [5, 5.41) is 3.99. The van der Waals surface area contributed by atoms with Crippen LogP contribution in [0.5, 0.6) is 0 Å². The predicted molar refractivity (Wildman–Crippen MR) is 65.5 cm³/mol. The van der Waals surface area contributed by atoms with Gasteiger partial charge in [-0.15, -0.1) is 0 Å². The summed E-state index contributed by atoms with van der Waals surface area (Å²) in [7, 11) is 0. The number of hydrogen-bond donors (Lipinski definition) is 0.